The lowest BCUT2D eigenvalue weighted by Gasteiger charge is -2.09. The molecule has 1 rings (SSSR count). The van der Waals surface area contributed by atoms with Crippen molar-refractivity contribution in [3.05, 3.63) is 17.6 Å². The molecule has 1 aromatic rings. The SMILES string of the molecule is CSC(C)CCNS(=O)(=O)c1cc(CN)oc1C. The topological polar surface area (TPSA) is 85.3 Å². The molecule has 0 spiro atoms. The first-order valence-electron chi connectivity index (χ1n) is 5.72. The number of nitrogens with two attached hydrogens (primary N) is 1. The van der Waals surface area contributed by atoms with Gasteiger partial charge in [-0.25, -0.2) is 13.1 Å². The Labute approximate surface area is 113 Å². The van der Waals surface area contributed by atoms with Gasteiger partial charge in [0.15, 0.2) is 0 Å². The van der Waals surface area contributed by atoms with Crippen molar-refractivity contribution in [1.82, 2.24) is 4.72 Å². The van der Waals surface area contributed by atoms with E-state index in [2.05, 4.69) is 11.6 Å². The van der Waals surface area contributed by atoms with Gasteiger partial charge in [-0.15, -0.1) is 0 Å². The summed E-state index contributed by atoms with van der Waals surface area (Å²) in [6.45, 7) is 4.31. The van der Waals surface area contributed by atoms with Crippen LogP contribution >= 0.6 is 11.8 Å². The standard InChI is InChI=1S/C11H20N2O3S2/c1-8(17-3)4-5-13-18(14,15)11-6-10(7-12)16-9(11)2/h6,8,13H,4-5,7,12H2,1-3H3. The summed E-state index contributed by atoms with van der Waals surface area (Å²) >= 11 is 1.71. The molecule has 0 fully saturated rings. The summed E-state index contributed by atoms with van der Waals surface area (Å²) in [5, 5.41) is 0.428. The molecule has 1 atom stereocenters. The number of sulfonamides is 1. The average Bonchev–Trinajstić information content (AvgIpc) is 2.71. The molecule has 0 aliphatic heterocycles. The van der Waals surface area contributed by atoms with Crippen LogP contribution in [0.15, 0.2) is 15.4 Å². The Bertz CT molecular complexity index is 482. The minimum absolute atomic E-state index is 0.180. The van der Waals surface area contributed by atoms with Gasteiger partial charge >= 0.3 is 0 Å². The van der Waals surface area contributed by atoms with Gasteiger partial charge in [-0.1, -0.05) is 6.92 Å². The molecule has 3 N–H and O–H groups in total. The molecular weight excluding hydrogens is 272 g/mol. The number of hydrogen-bond donors (Lipinski definition) is 2. The molecule has 5 nitrogen and oxygen atoms in total. The highest BCUT2D eigenvalue weighted by Gasteiger charge is 2.20. The summed E-state index contributed by atoms with van der Waals surface area (Å²) in [7, 11) is -3.49. The van der Waals surface area contributed by atoms with Gasteiger partial charge in [0.1, 0.15) is 16.4 Å². The van der Waals surface area contributed by atoms with Crippen LogP contribution in [-0.2, 0) is 16.6 Å². The maximum Gasteiger partial charge on any atom is 0.244 e. The zero-order valence-electron chi connectivity index (χ0n) is 10.9. The molecule has 18 heavy (non-hydrogen) atoms. The highest BCUT2D eigenvalue weighted by molar-refractivity contribution is 7.99. The lowest BCUT2D eigenvalue weighted by atomic mass is 10.3. The van der Waals surface area contributed by atoms with Crippen molar-refractivity contribution in [3.8, 4) is 0 Å². The molecule has 1 heterocycles. The molecule has 0 aromatic carbocycles. The van der Waals surface area contributed by atoms with Crippen LogP contribution in [0.4, 0.5) is 0 Å². The number of thioether (sulfide) groups is 1. The Balaban J connectivity index is 2.71. The Morgan fingerprint density at radius 3 is 2.72 bits per heavy atom. The van der Waals surface area contributed by atoms with Gasteiger partial charge < -0.3 is 10.2 Å². The Kier molecular flexibility index (Phi) is 5.71. The predicted octanol–water partition coefficient (Wildman–Crippen LogP) is 1.47. The van der Waals surface area contributed by atoms with Gasteiger partial charge in [0, 0.05) is 17.9 Å². The second kappa shape index (κ2) is 6.60. The highest BCUT2D eigenvalue weighted by atomic mass is 32.2. The summed E-state index contributed by atoms with van der Waals surface area (Å²) in [5.74, 6) is 0.853. The average molecular weight is 292 g/mol. The van der Waals surface area contributed by atoms with Crippen LogP contribution in [0.1, 0.15) is 24.9 Å². The van der Waals surface area contributed by atoms with E-state index in [4.69, 9.17) is 10.2 Å². The summed E-state index contributed by atoms with van der Waals surface area (Å²) in [4.78, 5) is 0.180. The Morgan fingerprint density at radius 1 is 1.56 bits per heavy atom. The zero-order valence-corrected chi connectivity index (χ0v) is 12.5. The number of furan rings is 1. The van der Waals surface area contributed by atoms with Crippen LogP contribution in [0.5, 0.6) is 0 Å². The molecule has 7 heteroatoms. The van der Waals surface area contributed by atoms with E-state index in [1.807, 2.05) is 6.26 Å². The Hall–Kier alpha value is -0.500. The van der Waals surface area contributed by atoms with Crippen molar-refractivity contribution in [1.29, 1.82) is 0 Å². The molecule has 0 bridgehead atoms. The minimum Gasteiger partial charge on any atom is -0.464 e. The maximum absolute atomic E-state index is 12.0. The van der Waals surface area contributed by atoms with Gasteiger partial charge in [-0.05, 0) is 19.6 Å². The fraction of sp³-hybridized carbons (Fsp3) is 0.636. The first kappa shape index (κ1) is 15.6. The summed E-state index contributed by atoms with van der Waals surface area (Å²) in [6, 6.07) is 1.48. The zero-order chi connectivity index (χ0) is 13.8. The normalized spacial score (nSPS) is 13.8. The largest absolute Gasteiger partial charge is 0.464 e. The molecule has 0 saturated heterocycles. The van der Waals surface area contributed by atoms with E-state index in [1.165, 1.54) is 6.07 Å². The first-order chi connectivity index (χ1) is 8.40. The number of aryl methyl sites for hydroxylation is 1. The fourth-order valence-electron chi connectivity index (χ4n) is 1.48. The van der Waals surface area contributed by atoms with Gasteiger partial charge in [-0.3, -0.25) is 0 Å². The number of rotatable bonds is 7. The Morgan fingerprint density at radius 2 is 2.22 bits per heavy atom. The second-order valence-corrected chi connectivity index (χ2v) is 7.08. The molecule has 0 radical (unpaired) electrons. The van der Waals surface area contributed by atoms with E-state index in [0.717, 1.165) is 6.42 Å². The monoisotopic (exact) mass is 292 g/mol. The number of nitrogens with one attached hydrogen (secondary N) is 1. The molecule has 0 saturated carbocycles. The molecule has 0 aliphatic carbocycles. The quantitative estimate of drug-likeness (QED) is 0.795. The summed E-state index contributed by atoms with van der Waals surface area (Å²) < 4.78 is 31.9. The molecule has 0 aliphatic rings. The van der Waals surface area contributed by atoms with E-state index >= 15 is 0 Å². The van der Waals surface area contributed by atoms with Crippen molar-refractivity contribution in [2.45, 2.75) is 37.0 Å². The van der Waals surface area contributed by atoms with Crippen LogP contribution in [-0.4, -0.2) is 26.5 Å². The van der Waals surface area contributed by atoms with E-state index in [-0.39, 0.29) is 11.4 Å². The molecule has 0 amide bonds. The van der Waals surface area contributed by atoms with Crippen LogP contribution in [0, 0.1) is 6.92 Å². The van der Waals surface area contributed by atoms with Crippen LogP contribution in [0.3, 0.4) is 0 Å². The van der Waals surface area contributed by atoms with Crippen molar-refractivity contribution in [3.63, 3.8) is 0 Å². The van der Waals surface area contributed by atoms with Gasteiger partial charge in [0.2, 0.25) is 10.0 Å². The third kappa shape index (κ3) is 4.01. The van der Waals surface area contributed by atoms with Crippen molar-refractivity contribution >= 4 is 21.8 Å². The summed E-state index contributed by atoms with van der Waals surface area (Å²) in [6.07, 6.45) is 2.80. The lowest BCUT2D eigenvalue weighted by molar-refractivity contribution is 0.478. The van der Waals surface area contributed by atoms with Gasteiger partial charge in [0.05, 0.1) is 6.54 Å². The van der Waals surface area contributed by atoms with Gasteiger partial charge in [-0.2, -0.15) is 11.8 Å². The summed E-state index contributed by atoms with van der Waals surface area (Å²) in [5.41, 5.74) is 5.42. The first-order valence-corrected chi connectivity index (χ1v) is 8.49. The lowest BCUT2D eigenvalue weighted by Crippen LogP contribution is -2.26. The van der Waals surface area contributed by atoms with E-state index in [9.17, 15) is 8.42 Å². The third-order valence-electron chi connectivity index (χ3n) is 2.66. The smallest absolute Gasteiger partial charge is 0.244 e. The van der Waals surface area contributed by atoms with Crippen LogP contribution in [0.2, 0.25) is 0 Å². The van der Waals surface area contributed by atoms with Crippen molar-refractivity contribution < 1.29 is 12.8 Å². The van der Waals surface area contributed by atoms with Crippen LogP contribution < -0.4 is 10.5 Å². The minimum atomic E-state index is -3.49. The molecule has 104 valence electrons. The van der Waals surface area contributed by atoms with Gasteiger partial charge in [0.25, 0.3) is 0 Å². The van der Waals surface area contributed by atoms with E-state index < -0.39 is 10.0 Å². The number of hydrogen-bond acceptors (Lipinski definition) is 5. The van der Waals surface area contributed by atoms with E-state index in [1.54, 1.807) is 18.7 Å². The molecule has 1 aromatic heterocycles. The van der Waals surface area contributed by atoms with E-state index in [0.29, 0.717) is 23.3 Å². The van der Waals surface area contributed by atoms with Crippen LogP contribution in [0.25, 0.3) is 0 Å². The van der Waals surface area contributed by atoms with Crippen molar-refractivity contribution in [2.24, 2.45) is 5.73 Å². The van der Waals surface area contributed by atoms with Crippen molar-refractivity contribution in [2.75, 3.05) is 12.8 Å². The molecule has 1 unspecified atom stereocenters. The highest BCUT2D eigenvalue weighted by Crippen LogP contribution is 2.19. The predicted molar refractivity (Wildman–Crippen MR) is 74.1 cm³/mol. The maximum atomic E-state index is 12.0. The fourth-order valence-corrected chi connectivity index (χ4v) is 3.09. The molecular formula is C11H20N2O3S2. The second-order valence-electron chi connectivity index (χ2n) is 4.07. The third-order valence-corrected chi connectivity index (χ3v) is 5.27.